The summed E-state index contributed by atoms with van der Waals surface area (Å²) in [5, 5.41) is 0. The Balaban J connectivity index is 0. The number of hydrogen-bond donors (Lipinski definition) is 0. The van der Waals surface area contributed by atoms with E-state index in [0.29, 0.717) is 0 Å². The molecule has 4 heavy (non-hydrogen) atoms. The first-order valence-corrected chi connectivity index (χ1v) is 0. The van der Waals surface area contributed by atoms with E-state index in [0.717, 1.165) is 0 Å². The standard InChI is InChI=1S/2Ca.K.Na. The zero-order chi connectivity index (χ0) is 0. The third-order valence-corrected chi connectivity index (χ3v) is 0. The van der Waals surface area contributed by atoms with E-state index in [1.807, 2.05) is 0 Å². The van der Waals surface area contributed by atoms with Gasteiger partial charge >= 0.3 is 0 Å². The Labute approximate surface area is 151 Å². The van der Waals surface area contributed by atoms with Gasteiger partial charge in [-0.2, -0.15) is 0 Å². The van der Waals surface area contributed by atoms with E-state index in [2.05, 4.69) is 0 Å². The first kappa shape index (κ1) is 22.9. The smallest absolute Gasteiger partial charge is 0 e. The van der Waals surface area contributed by atoms with E-state index in [-0.39, 0.29) is 156 Å². The van der Waals surface area contributed by atoms with Gasteiger partial charge in [0, 0.05) is 156 Å². The third-order valence-electron chi connectivity index (χ3n) is 0. The molecule has 0 aliphatic rings. The fraction of sp³-hybridized carbons (Fsp3) is 0. The summed E-state index contributed by atoms with van der Waals surface area (Å²) >= 11 is 0. The summed E-state index contributed by atoms with van der Waals surface area (Å²) in [7, 11) is 0. The molecule has 0 amide bonds. The van der Waals surface area contributed by atoms with Crippen molar-refractivity contribution >= 4 is 156 Å². The van der Waals surface area contributed by atoms with Gasteiger partial charge in [-0.05, 0) is 0 Å². The molecular formula is Ca2KNa. The normalized spacial score (nSPS) is 0. The third kappa shape index (κ3) is 10.2. The Hall–Kier alpha value is 5.16. The summed E-state index contributed by atoms with van der Waals surface area (Å²) in [4.78, 5) is 0. The maximum Gasteiger partial charge on any atom is 0 e. The second-order valence-corrected chi connectivity index (χ2v) is 0. The Morgan fingerprint density at radius 3 is 0.750 bits per heavy atom. The monoisotopic (exact) mass is 142 g/mol. The molecule has 6 radical (unpaired) electrons. The predicted molar refractivity (Wildman–Crippen MR) is 23.0 cm³/mol. The number of hydrogen-bond acceptors (Lipinski definition) is 0. The molecule has 0 rings (SSSR count). The predicted octanol–water partition coefficient (Wildman–Crippen LogP) is -1.52. The molecule has 0 aliphatic heterocycles. The van der Waals surface area contributed by atoms with E-state index < -0.39 is 0 Å². The Bertz CT molecular complexity index is 6.00. The second kappa shape index (κ2) is 15.7. The molecule has 0 atom stereocenters. The summed E-state index contributed by atoms with van der Waals surface area (Å²) in [5.74, 6) is 0. The zero-order valence-electron chi connectivity index (χ0n) is 3.41. The van der Waals surface area contributed by atoms with Crippen LogP contribution in [0.1, 0.15) is 0 Å². The maximum atomic E-state index is 0. The van der Waals surface area contributed by atoms with Crippen LogP contribution in [0.5, 0.6) is 0 Å². The van der Waals surface area contributed by atoms with E-state index in [4.69, 9.17) is 0 Å². The molecular weight excluding hydrogens is 142 g/mol. The van der Waals surface area contributed by atoms with Gasteiger partial charge in [0.1, 0.15) is 0 Å². The molecule has 0 bridgehead atoms. The second-order valence-electron chi connectivity index (χ2n) is 0. The molecule has 4 heteroatoms. The van der Waals surface area contributed by atoms with Crippen molar-refractivity contribution < 1.29 is 0 Å². The Kier molecular flexibility index (Phi) is 90.0. The molecule has 0 saturated heterocycles. The molecule has 6 valence electrons. The summed E-state index contributed by atoms with van der Waals surface area (Å²) in [6.07, 6.45) is 0. The van der Waals surface area contributed by atoms with Crippen LogP contribution in [-0.2, 0) is 0 Å². The van der Waals surface area contributed by atoms with Gasteiger partial charge in [0.2, 0.25) is 0 Å². The van der Waals surface area contributed by atoms with Crippen LogP contribution in [0.15, 0.2) is 0 Å². The van der Waals surface area contributed by atoms with E-state index in [1.54, 1.807) is 0 Å². The van der Waals surface area contributed by atoms with Gasteiger partial charge in [0.25, 0.3) is 0 Å². The van der Waals surface area contributed by atoms with Crippen molar-refractivity contribution in [3.63, 3.8) is 0 Å². The van der Waals surface area contributed by atoms with Crippen molar-refractivity contribution in [3.8, 4) is 0 Å². The van der Waals surface area contributed by atoms with Gasteiger partial charge in [0.05, 0.1) is 0 Å². The SMILES string of the molecule is [Ca].[Ca].[K].[Na]. The van der Waals surface area contributed by atoms with Crippen LogP contribution in [0.3, 0.4) is 0 Å². The topological polar surface area (TPSA) is 0 Å². The van der Waals surface area contributed by atoms with Crippen molar-refractivity contribution in [1.29, 1.82) is 0 Å². The van der Waals surface area contributed by atoms with E-state index in [1.165, 1.54) is 0 Å². The van der Waals surface area contributed by atoms with Crippen molar-refractivity contribution in [3.05, 3.63) is 0 Å². The molecule has 0 aromatic heterocycles. The fourth-order valence-electron chi connectivity index (χ4n) is 0. The first-order chi connectivity index (χ1) is 0. The minimum Gasteiger partial charge on any atom is 0 e. The van der Waals surface area contributed by atoms with Gasteiger partial charge < -0.3 is 0 Å². The van der Waals surface area contributed by atoms with Crippen LogP contribution >= 0.6 is 0 Å². The van der Waals surface area contributed by atoms with E-state index >= 15 is 0 Å². The molecule has 0 fully saturated rings. The molecule has 0 N–H and O–H groups in total. The molecule has 0 aromatic rings. The van der Waals surface area contributed by atoms with Gasteiger partial charge in [-0.1, -0.05) is 0 Å². The minimum absolute atomic E-state index is 0. The van der Waals surface area contributed by atoms with E-state index in [9.17, 15) is 0 Å². The number of rotatable bonds is 0. The Morgan fingerprint density at radius 1 is 0.750 bits per heavy atom. The fourth-order valence-corrected chi connectivity index (χ4v) is 0. The van der Waals surface area contributed by atoms with Crippen molar-refractivity contribution in [2.24, 2.45) is 0 Å². The average Bonchev–Trinajstić information content (AvgIpc) is 0. The van der Waals surface area contributed by atoms with Crippen LogP contribution in [0.25, 0.3) is 0 Å². The maximum absolute atomic E-state index is 0. The minimum atomic E-state index is 0. The van der Waals surface area contributed by atoms with Crippen LogP contribution in [0.4, 0.5) is 0 Å². The molecule has 0 spiro atoms. The van der Waals surface area contributed by atoms with Gasteiger partial charge in [-0.25, -0.2) is 0 Å². The van der Waals surface area contributed by atoms with Crippen LogP contribution in [0, 0.1) is 0 Å². The first-order valence-electron chi connectivity index (χ1n) is 0. The average molecular weight is 142 g/mol. The van der Waals surface area contributed by atoms with Gasteiger partial charge in [-0.3, -0.25) is 0 Å². The molecule has 0 aromatic carbocycles. The van der Waals surface area contributed by atoms with Gasteiger partial charge in [-0.15, -0.1) is 0 Å². The van der Waals surface area contributed by atoms with Crippen LogP contribution in [-0.4, -0.2) is 156 Å². The van der Waals surface area contributed by atoms with Gasteiger partial charge in [0.15, 0.2) is 0 Å². The molecule has 0 heterocycles. The summed E-state index contributed by atoms with van der Waals surface area (Å²) in [6.45, 7) is 0. The zero-order valence-corrected chi connectivity index (χ0v) is 13.0. The van der Waals surface area contributed by atoms with Crippen molar-refractivity contribution in [1.82, 2.24) is 0 Å². The Morgan fingerprint density at radius 2 is 0.750 bits per heavy atom. The molecule has 0 saturated carbocycles. The molecule has 0 nitrogen and oxygen atoms in total. The van der Waals surface area contributed by atoms with Crippen molar-refractivity contribution in [2.75, 3.05) is 0 Å². The molecule has 0 aliphatic carbocycles. The van der Waals surface area contributed by atoms with Crippen molar-refractivity contribution in [2.45, 2.75) is 0 Å². The summed E-state index contributed by atoms with van der Waals surface area (Å²) < 4.78 is 0. The van der Waals surface area contributed by atoms with Crippen LogP contribution < -0.4 is 0 Å². The largest absolute Gasteiger partial charge is 0 e. The summed E-state index contributed by atoms with van der Waals surface area (Å²) in [5.41, 5.74) is 0. The summed E-state index contributed by atoms with van der Waals surface area (Å²) in [6, 6.07) is 0. The quantitative estimate of drug-likeness (QED) is 0.360. The van der Waals surface area contributed by atoms with Crippen LogP contribution in [0.2, 0.25) is 0 Å². The molecule has 0 unspecified atom stereocenters.